The predicted molar refractivity (Wildman–Crippen MR) is 112 cm³/mol. The lowest BCUT2D eigenvalue weighted by Crippen LogP contribution is -2.35. The molecule has 0 atom stereocenters. The van der Waals surface area contributed by atoms with Gasteiger partial charge < -0.3 is 9.13 Å². The SMILES string of the molecule is Cc1cc(-c2nc3ccccc3n2C)[n+](C)c(-c2nc3ccccc3n2C)c1. The van der Waals surface area contributed by atoms with Crippen LogP contribution in [0.25, 0.3) is 45.1 Å². The molecule has 0 N–H and O–H groups in total. The van der Waals surface area contributed by atoms with Crippen molar-refractivity contribution in [1.29, 1.82) is 0 Å². The molecule has 0 bridgehead atoms. The summed E-state index contributed by atoms with van der Waals surface area (Å²) in [6, 6.07) is 20.9. The second-order valence-corrected chi connectivity index (χ2v) is 7.33. The first kappa shape index (κ1) is 16.7. The molecule has 0 aliphatic heterocycles. The Labute approximate surface area is 163 Å². The normalized spacial score (nSPS) is 11.6. The fourth-order valence-electron chi connectivity index (χ4n) is 3.97. The third-order valence-electron chi connectivity index (χ3n) is 5.48. The Hall–Kier alpha value is -3.47. The van der Waals surface area contributed by atoms with Gasteiger partial charge in [0.1, 0.15) is 7.05 Å². The number of imidazole rings is 2. The van der Waals surface area contributed by atoms with E-state index in [1.54, 1.807) is 0 Å². The van der Waals surface area contributed by atoms with Crippen molar-refractivity contribution < 1.29 is 4.57 Å². The van der Waals surface area contributed by atoms with Gasteiger partial charge in [0.05, 0.1) is 22.1 Å². The molecule has 0 fully saturated rings. The maximum atomic E-state index is 4.90. The van der Waals surface area contributed by atoms with Crippen LogP contribution in [0.4, 0.5) is 0 Å². The fraction of sp³-hybridized carbons (Fsp3) is 0.174. The summed E-state index contributed by atoms with van der Waals surface area (Å²) in [6.07, 6.45) is 0. The van der Waals surface area contributed by atoms with Crippen LogP contribution in [0.15, 0.2) is 60.7 Å². The van der Waals surface area contributed by atoms with Gasteiger partial charge in [-0.15, -0.1) is 0 Å². The second-order valence-electron chi connectivity index (χ2n) is 7.33. The Kier molecular flexibility index (Phi) is 3.59. The third-order valence-corrected chi connectivity index (χ3v) is 5.48. The number of hydrogen-bond donors (Lipinski definition) is 0. The van der Waals surface area contributed by atoms with Gasteiger partial charge in [0.2, 0.25) is 23.0 Å². The van der Waals surface area contributed by atoms with E-state index in [1.165, 1.54) is 5.56 Å². The lowest BCUT2D eigenvalue weighted by molar-refractivity contribution is -0.650. The lowest BCUT2D eigenvalue weighted by Gasteiger charge is -2.07. The van der Waals surface area contributed by atoms with E-state index >= 15 is 0 Å². The minimum atomic E-state index is 0.951. The molecule has 0 saturated carbocycles. The average molecular weight is 368 g/mol. The van der Waals surface area contributed by atoms with Gasteiger partial charge in [0, 0.05) is 26.2 Å². The van der Waals surface area contributed by atoms with Gasteiger partial charge in [-0.05, 0) is 36.8 Å². The van der Waals surface area contributed by atoms with Crippen LogP contribution in [-0.4, -0.2) is 19.1 Å². The van der Waals surface area contributed by atoms with Crippen molar-refractivity contribution in [2.75, 3.05) is 0 Å². The fourth-order valence-corrected chi connectivity index (χ4v) is 3.97. The molecule has 5 aromatic rings. The summed E-state index contributed by atoms with van der Waals surface area (Å²) in [5.74, 6) is 1.90. The quantitative estimate of drug-likeness (QED) is 0.443. The summed E-state index contributed by atoms with van der Waals surface area (Å²) in [5, 5.41) is 0. The Balaban J connectivity index is 1.78. The van der Waals surface area contributed by atoms with E-state index in [0.717, 1.165) is 45.1 Å². The van der Waals surface area contributed by atoms with Crippen molar-refractivity contribution in [2.24, 2.45) is 21.1 Å². The van der Waals surface area contributed by atoms with Crippen LogP contribution in [0, 0.1) is 6.92 Å². The van der Waals surface area contributed by atoms with Gasteiger partial charge in [0.15, 0.2) is 0 Å². The van der Waals surface area contributed by atoms with E-state index in [9.17, 15) is 0 Å². The maximum absolute atomic E-state index is 4.90. The van der Waals surface area contributed by atoms with E-state index < -0.39 is 0 Å². The Morgan fingerprint density at radius 2 is 1.14 bits per heavy atom. The van der Waals surface area contributed by atoms with Gasteiger partial charge in [-0.3, -0.25) is 0 Å². The molecule has 5 nitrogen and oxygen atoms in total. The van der Waals surface area contributed by atoms with Crippen molar-refractivity contribution in [3.8, 4) is 23.0 Å². The zero-order valence-corrected chi connectivity index (χ0v) is 16.5. The van der Waals surface area contributed by atoms with E-state index in [-0.39, 0.29) is 0 Å². The zero-order chi connectivity index (χ0) is 19.4. The second kappa shape index (κ2) is 6.02. The molecule has 0 aliphatic rings. The van der Waals surface area contributed by atoms with Crippen molar-refractivity contribution >= 4 is 22.1 Å². The van der Waals surface area contributed by atoms with Crippen LogP contribution in [-0.2, 0) is 21.1 Å². The number of fused-ring (bicyclic) bond motifs is 2. The van der Waals surface area contributed by atoms with Crippen LogP contribution in [0.1, 0.15) is 5.56 Å². The van der Waals surface area contributed by atoms with Crippen LogP contribution >= 0.6 is 0 Å². The molecule has 138 valence electrons. The molecule has 28 heavy (non-hydrogen) atoms. The summed E-state index contributed by atoms with van der Waals surface area (Å²) in [5.41, 5.74) is 7.59. The molecule has 0 saturated heterocycles. The van der Waals surface area contributed by atoms with Crippen LogP contribution in [0.5, 0.6) is 0 Å². The van der Waals surface area contributed by atoms with Crippen LogP contribution in [0.3, 0.4) is 0 Å². The van der Waals surface area contributed by atoms with Gasteiger partial charge in [0.25, 0.3) is 0 Å². The highest BCUT2D eigenvalue weighted by Crippen LogP contribution is 2.26. The highest BCUT2D eigenvalue weighted by molar-refractivity contribution is 5.81. The number of pyridine rings is 1. The standard InChI is InChI=1S/C23H22N5/c1-15-13-20(22-24-16-9-5-7-11-18(16)27(22)3)26(2)21(14-15)23-25-17-10-6-8-12-19(17)28(23)4/h5-14H,1-4H3/q+1. The maximum Gasteiger partial charge on any atom is 0.249 e. The van der Waals surface area contributed by atoms with E-state index in [0.29, 0.717) is 0 Å². The predicted octanol–water partition coefficient (Wildman–Crippen LogP) is 3.93. The number of para-hydroxylation sites is 4. The minimum Gasteiger partial charge on any atom is -0.322 e. The number of aryl methyl sites for hydroxylation is 3. The van der Waals surface area contributed by atoms with Crippen molar-refractivity contribution in [3.63, 3.8) is 0 Å². The molecule has 0 spiro atoms. The molecule has 0 unspecified atom stereocenters. The molecule has 5 rings (SSSR count). The number of hydrogen-bond acceptors (Lipinski definition) is 2. The van der Waals surface area contributed by atoms with Crippen LogP contribution < -0.4 is 4.57 Å². The largest absolute Gasteiger partial charge is 0.322 e. The average Bonchev–Trinajstić information content (AvgIpc) is 3.21. The number of aromatic nitrogens is 5. The Bertz CT molecular complexity index is 1260. The first-order valence-corrected chi connectivity index (χ1v) is 9.39. The van der Waals surface area contributed by atoms with E-state index in [2.05, 4.69) is 90.3 Å². The topological polar surface area (TPSA) is 39.5 Å². The molecular weight excluding hydrogens is 346 g/mol. The van der Waals surface area contributed by atoms with Crippen molar-refractivity contribution in [3.05, 3.63) is 66.2 Å². The summed E-state index contributed by atoms with van der Waals surface area (Å²) in [6.45, 7) is 2.12. The third kappa shape index (κ3) is 2.36. The molecule has 3 heterocycles. The molecule has 3 aromatic heterocycles. The zero-order valence-electron chi connectivity index (χ0n) is 16.5. The summed E-state index contributed by atoms with van der Waals surface area (Å²) in [7, 11) is 6.23. The van der Waals surface area contributed by atoms with Gasteiger partial charge in [-0.25, -0.2) is 9.97 Å². The van der Waals surface area contributed by atoms with Crippen molar-refractivity contribution in [1.82, 2.24) is 19.1 Å². The molecule has 0 radical (unpaired) electrons. The Morgan fingerprint density at radius 1 is 0.714 bits per heavy atom. The highest BCUT2D eigenvalue weighted by atomic mass is 15.1. The molecule has 0 aliphatic carbocycles. The van der Waals surface area contributed by atoms with Crippen LogP contribution in [0.2, 0.25) is 0 Å². The first-order chi connectivity index (χ1) is 13.5. The lowest BCUT2D eigenvalue weighted by atomic mass is 10.1. The van der Waals surface area contributed by atoms with E-state index in [1.807, 2.05) is 12.1 Å². The smallest absolute Gasteiger partial charge is 0.249 e. The number of nitrogens with zero attached hydrogens (tertiary/aromatic N) is 5. The summed E-state index contributed by atoms with van der Waals surface area (Å²) in [4.78, 5) is 9.80. The van der Waals surface area contributed by atoms with Gasteiger partial charge in [-0.1, -0.05) is 24.3 Å². The number of rotatable bonds is 2. The first-order valence-electron chi connectivity index (χ1n) is 9.39. The molecule has 0 amide bonds. The summed E-state index contributed by atoms with van der Waals surface area (Å²) >= 11 is 0. The molecule has 5 heteroatoms. The van der Waals surface area contributed by atoms with Gasteiger partial charge in [-0.2, -0.15) is 4.57 Å². The monoisotopic (exact) mass is 368 g/mol. The van der Waals surface area contributed by atoms with Gasteiger partial charge >= 0.3 is 0 Å². The van der Waals surface area contributed by atoms with Crippen molar-refractivity contribution in [2.45, 2.75) is 6.92 Å². The molecule has 2 aromatic carbocycles. The highest BCUT2D eigenvalue weighted by Gasteiger charge is 2.25. The minimum absolute atomic E-state index is 0.951. The number of benzene rings is 2. The van der Waals surface area contributed by atoms with E-state index in [4.69, 9.17) is 9.97 Å². The Morgan fingerprint density at radius 3 is 1.57 bits per heavy atom. The summed E-state index contributed by atoms with van der Waals surface area (Å²) < 4.78 is 6.50. The molecular formula is C23H22N5+.